The molecule has 142 valence electrons. The molecule has 3 aromatic rings. The fourth-order valence-corrected chi connectivity index (χ4v) is 4.53. The Balaban J connectivity index is 1.57. The minimum absolute atomic E-state index is 0.00988. The van der Waals surface area contributed by atoms with Crippen LogP contribution in [0.3, 0.4) is 0 Å². The number of thiazole rings is 1. The predicted molar refractivity (Wildman–Crippen MR) is 114 cm³/mol. The zero-order chi connectivity index (χ0) is 19.1. The largest absolute Gasteiger partial charge is 0.352 e. The summed E-state index contributed by atoms with van der Waals surface area (Å²) < 4.78 is 0. The Morgan fingerprint density at radius 2 is 1.85 bits per heavy atom. The number of rotatable bonds is 9. The smallest absolute Gasteiger partial charge is 0.226 e. The lowest BCUT2D eigenvalue weighted by Crippen LogP contribution is -2.27. The molecule has 0 atom stereocenters. The number of carbonyl (C=O) groups excluding carboxylic acids is 1. The number of benzene rings is 1. The van der Waals surface area contributed by atoms with E-state index < -0.39 is 0 Å². The molecule has 4 nitrogen and oxygen atoms in total. The summed E-state index contributed by atoms with van der Waals surface area (Å²) in [4.78, 5) is 20.5. The summed E-state index contributed by atoms with van der Waals surface area (Å²) >= 11 is 3.26. The Morgan fingerprint density at radius 1 is 1.07 bits per heavy atom. The van der Waals surface area contributed by atoms with Crippen molar-refractivity contribution >= 4 is 28.6 Å². The van der Waals surface area contributed by atoms with Crippen LogP contribution in [-0.2, 0) is 24.3 Å². The fraction of sp³-hybridized carbons (Fsp3) is 0.333. The van der Waals surface area contributed by atoms with Crippen LogP contribution in [0.4, 0.5) is 0 Å². The molecular weight excluding hydrogens is 374 g/mol. The van der Waals surface area contributed by atoms with Gasteiger partial charge in [0.15, 0.2) is 0 Å². The summed E-state index contributed by atoms with van der Waals surface area (Å²) in [5, 5.41) is 8.05. The maximum Gasteiger partial charge on any atom is 0.226 e. The van der Waals surface area contributed by atoms with Gasteiger partial charge >= 0.3 is 0 Å². The van der Waals surface area contributed by atoms with E-state index in [1.54, 1.807) is 22.7 Å². The van der Waals surface area contributed by atoms with Gasteiger partial charge in [0.25, 0.3) is 0 Å². The van der Waals surface area contributed by atoms with Crippen molar-refractivity contribution in [2.45, 2.75) is 33.4 Å². The Hall–Kier alpha value is -2.02. The van der Waals surface area contributed by atoms with Crippen LogP contribution in [0.1, 0.15) is 30.7 Å². The molecule has 1 amide bonds. The molecule has 2 aromatic heterocycles. The van der Waals surface area contributed by atoms with E-state index >= 15 is 0 Å². The number of amides is 1. The number of hydrogen-bond acceptors (Lipinski definition) is 5. The second kappa shape index (κ2) is 9.78. The molecule has 1 N–H and O–H groups in total. The molecule has 0 saturated heterocycles. The van der Waals surface area contributed by atoms with Crippen LogP contribution in [0.5, 0.6) is 0 Å². The molecular formula is C21H25N3OS2. The third-order valence-corrected chi connectivity index (χ3v) is 6.44. The standard InChI is InChI=1S/C21H25N3OS2/c1-3-24(4-2)14-17-9-6-5-8-16(17)13-22-20(25)12-18-15-27-21(23-18)19-10-7-11-26-19/h5-11,15H,3-4,12-14H2,1-2H3,(H,22,25). The fourth-order valence-electron chi connectivity index (χ4n) is 2.89. The molecule has 3 rings (SSSR count). The molecule has 0 bridgehead atoms. The molecule has 0 saturated carbocycles. The summed E-state index contributed by atoms with van der Waals surface area (Å²) in [6, 6.07) is 12.4. The van der Waals surface area contributed by atoms with E-state index in [0.29, 0.717) is 13.0 Å². The van der Waals surface area contributed by atoms with E-state index in [2.05, 4.69) is 53.3 Å². The highest BCUT2D eigenvalue weighted by molar-refractivity contribution is 7.20. The second-order valence-electron chi connectivity index (χ2n) is 6.30. The first-order valence-electron chi connectivity index (χ1n) is 9.23. The van der Waals surface area contributed by atoms with Gasteiger partial charge in [-0.3, -0.25) is 9.69 Å². The van der Waals surface area contributed by atoms with Crippen LogP contribution in [-0.4, -0.2) is 28.9 Å². The van der Waals surface area contributed by atoms with Crippen LogP contribution in [0.25, 0.3) is 9.88 Å². The molecule has 0 radical (unpaired) electrons. The molecule has 0 spiro atoms. The minimum atomic E-state index is 0.00988. The number of aromatic nitrogens is 1. The normalized spacial score (nSPS) is 11.1. The van der Waals surface area contributed by atoms with Crippen molar-refractivity contribution in [1.29, 1.82) is 0 Å². The monoisotopic (exact) mass is 399 g/mol. The number of nitrogens with zero attached hydrogens (tertiary/aromatic N) is 2. The summed E-state index contributed by atoms with van der Waals surface area (Å²) in [6.45, 7) is 7.85. The number of thiophene rings is 1. The van der Waals surface area contributed by atoms with Crippen molar-refractivity contribution in [1.82, 2.24) is 15.2 Å². The lowest BCUT2D eigenvalue weighted by molar-refractivity contribution is -0.120. The number of carbonyl (C=O) groups is 1. The quantitative estimate of drug-likeness (QED) is 0.573. The average Bonchev–Trinajstić information content (AvgIpc) is 3.37. The lowest BCUT2D eigenvalue weighted by atomic mass is 10.1. The van der Waals surface area contributed by atoms with Gasteiger partial charge in [0.2, 0.25) is 5.91 Å². The molecule has 2 heterocycles. The van der Waals surface area contributed by atoms with E-state index in [9.17, 15) is 4.79 Å². The third kappa shape index (κ3) is 5.48. The Bertz CT molecular complexity index is 854. The molecule has 0 aliphatic carbocycles. The SMILES string of the molecule is CCN(CC)Cc1ccccc1CNC(=O)Cc1csc(-c2cccs2)n1. The van der Waals surface area contributed by atoms with E-state index in [1.807, 2.05) is 22.9 Å². The van der Waals surface area contributed by atoms with E-state index in [4.69, 9.17) is 0 Å². The van der Waals surface area contributed by atoms with Crippen molar-refractivity contribution in [2.75, 3.05) is 13.1 Å². The Kier molecular flexibility index (Phi) is 7.15. The van der Waals surface area contributed by atoms with Crippen LogP contribution in [0.15, 0.2) is 47.2 Å². The second-order valence-corrected chi connectivity index (χ2v) is 8.11. The predicted octanol–water partition coefficient (Wildman–Crippen LogP) is 4.57. The Morgan fingerprint density at radius 3 is 2.56 bits per heavy atom. The van der Waals surface area contributed by atoms with Gasteiger partial charge in [-0.25, -0.2) is 4.98 Å². The lowest BCUT2D eigenvalue weighted by Gasteiger charge is -2.20. The van der Waals surface area contributed by atoms with Gasteiger partial charge in [-0.2, -0.15) is 0 Å². The molecule has 0 aliphatic rings. The van der Waals surface area contributed by atoms with Crippen LogP contribution < -0.4 is 5.32 Å². The van der Waals surface area contributed by atoms with Gasteiger partial charge < -0.3 is 5.32 Å². The maximum absolute atomic E-state index is 12.4. The van der Waals surface area contributed by atoms with Gasteiger partial charge in [-0.15, -0.1) is 22.7 Å². The van der Waals surface area contributed by atoms with E-state index in [-0.39, 0.29) is 5.91 Å². The van der Waals surface area contributed by atoms with Crippen LogP contribution >= 0.6 is 22.7 Å². The molecule has 0 unspecified atom stereocenters. The summed E-state index contributed by atoms with van der Waals surface area (Å²) in [7, 11) is 0. The van der Waals surface area contributed by atoms with Crippen molar-refractivity contribution < 1.29 is 4.79 Å². The van der Waals surface area contributed by atoms with Gasteiger partial charge in [0.1, 0.15) is 5.01 Å². The molecule has 27 heavy (non-hydrogen) atoms. The van der Waals surface area contributed by atoms with Crippen molar-refractivity contribution in [3.8, 4) is 9.88 Å². The van der Waals surface area contributed by atoms with Crippen molar-refractivity contribution in [3.05, 3.63) is 64.0 Å². The zero-order valence-electron chi connectivity index (χ0n) is 15.8. The highest BCUT2D eigenvalue weighted by Crippen LogP contribution is 2.27. The van der Waals surface area contributed by atoms with Crippen molar-refractivity contribution in [3.63, 3.8) is 0 Å². The zero-order valence-corrected chi connectivity index (χ0v) is 17.4. The molecule has 6 heteroatoms. The number of hydrogen-bond donors (Lipinski definition) is 1. The average molecular weight is 400 g/mol. The van der Waals surface area contributed by atoms with Crippen molar-refractivity contribution in [2.24, 2.45) is 0 Å². The van der Waals surface area contributed by atoms with Gasteiger partial charge in [-0.05, 0) is 35.7 Å². The minimum Gasteiger partial charge on any atom is -0.352 e. The highest BCUT2D eigenvalue weighted by Gasteiger charge is 2.11. The van der Waals surface area contributed by atoms with Gasteiger partial charge in [0.05, 0.1) is 17.0 Å². The third-order valence-electron chi connectivity index (χ3n) is 4.51. The maximum atomic E-state index is 12.4. The first kappa shape index (κ1) is 19.7. The summed E-state index contributed by atoms with van der Waals surface area (Å²) in [5.41, 5.74) is 3.28. The topological polar surface area (TPSA) is 45.2 Å². The van der Waals surface area contributed by atoms with Gasteiger partial charge in [-0.1, -0.05) is 44.2 Å². The summed E-state index contributed by atoms with van der Waals surface area (Å²) in [5.74, 6) is 0.00988. The van der Waals surface area contributed by atoms with E-state index in [1.165, 1.54) is 11.1 Å². The van der Waals surface area contributed by atoms with Crippen LogP contribution in [0.2, 0.25) is 0 Å². The van der Waals surface area contributed by atoms with Crippen LogP contribution in [0, 0.1) is 0 Å². The van der Waals surface area contributed by atoms with Gasteiger partial charge in [0, 0.05) is 18.5 Å². The molecule has 1 aromatic carbocycles. The Labute approximate surface area is 168 Å². The molecule has 0 fully saturated rings. The number of nitrogens with one attached hydrogen (secondary N) is 1. The first-order chi connectivity index (χ1) is 13.2. The van der Waals surface area contributed by atoms with E-state index in [0.717, 1.165) is 35.2 Å². The highest BCUT2D eigenvalue weighted by atomic mass is 32.1. The molecule has 0 aliphatic heterocycles. The first-order valence-corrected chi connectivity index (χ1v) is 11.0. The summed E-state index contributed by atoms with van der Waals surface area (Å²) in [6.07, 6.45) is 0.320.